The topological polar surface area (TPSA) is 93.2 Å². The molecule has 0 bridgehead atoms. The van der Waals surface area contributed by atoms with E-state index < -0.39 is 22.1 Å². The molecule has 0 saturated carbocycles. The van der Waals surface area contributed by atoms with Crippen molar-refractivity contribution in [2.45, 2.75) is 70.2 Å². The van der Waals surface area contributed by atoms with Gasteiger partial charge in [0.1, 0.15) is 0 Å². The molecule has 2 heterocycles. The SMILES string of the molecule is Cc1ccc(S(=O)(=O)N2CCCCC2)cc1C(=O)OC(C)C(=O)N1CC(C)OC(C)C1. The zero-order chi connectivity index (χ0) is 22.8. The van der Waals surface area contributed by atoms with E-state index in [1.807, 2.05) is 13.8 Å². The molecule has 0 N–H and O–H groups in total. The quantitative estimate of drug-likeness (QED) is 0.637. The van der Waals surface area contributed by atoms with Gasteiger partial charge in [0.15, 0.2) is 6.10 Å². The van der Waals surface area contributed by atoms with Crippen LogP contribution < -0.4 is 0 Å². The Bertz CT molecular complexity index is 916. The molecular weight excluding hydrogens is 420 g/mol. The third kappa shape index (κ3) is 5.45. The van der Waals surface area contributed by atoms with Crippen molar-refractivity contribution in [3.05, 3.63) is 29.3 Å². The summed E-state index contributed by atoms with van der Waals surface area (Å²) in [6.07, 6.45) is 1.52. The van der Waals surface area contributed by atoms with E-state index in [0.29, 0.717) is 31.7 Å². The Kier molecular flexibility index (Phi) is 7.39. The predicted octanol–water partition coefficient (Wildman–Crippen LogP) is 2.35. The Hall–Kier alpha value is -1.97. The van der Waals surface area contributed by atoms with Crippen molar-refractivity contribution in [2.24, 2.45) is 0 Å². The lowest BCUT2D eigenvalue weighted by Crippen LogP contribution is -2.51. The van der Waals surface area contributed by atoms with Gasteiger partial charge in [-0.15, -0.1) is 0 Å². The maximum absolute atomic E-state index is 13.0. The molecule has 0 spiro atoms. The highest BCUT2D eigenvalue weighted by Crippen LogP contribution is 2.24. The summed E-state index contributed by atoms with van der Waals surface area (Å²) in [6.45, 7) is 8.88. The largest absolute Gasteiger partial charge is 0.449 e. The van der Waals surface area contributed by atoms with Crippen molar-refractivity contribution in [1.82, 2.24) is 9.21 Å². The molecule has 31 heavy (non-hydrogen) atoms. The summed E-state index contributed by atoms with van der Waals surface area (Å²) >= 11 is 0. The molecule has 8 nitrogen and oxygen atoms in total. The number of ether oxygens (including phenoxy) is 2. The molecule has 3 rings (SSSR count). The number of hydrogen-bond acceptors (Lipinski definition) is 6. The molecule has 3 atom stereocenters. The molecule has 172 valence electrons. The average molecular weight is 453 g/mol. The summed E-state index contributed by atoms with van der Waals surface area (Å²) in [5.74, 6) is -0.992. The molecule has 1 amide bonds. The second kappa shape index (κ2) is 9.67. The van der Waals surface area contributed by atoms with Gasteiger partial charge in [0.05, 0.1) is 22.7 Å². The van der Waals surface area contributed by atoms with E-state index in [2.05, 4.69) is 0 Å². The fourth-order valence-electron chi connectivity index (χ4n) is 4.13. The van der Waals surface area contributed by atoms with E-state index >= 15 is 0 Å². The number of benzene rings is 1. The van der Waals surface area contributed by atoms with Crippen molar-refractivity contribution in [2.75, 3.05) is 26.2 Å². The minimum absolute atomic E-state index is 0.0711. The van der Waals surface area contributed by atoms with E-state index in [4.69, 9.17) is 9.47 Å². The maximum atomic E-state index is 13.0. The predicted molar refractivity (Wildman–Crippen MR) is 115 cm³/mol. The van der Waals surface area contributed by atoms with Gasteiger partial charge < -0.3 is 14.4 Å². The number of sulfonamides is 1. The number of aryl methyl sites for hydroxylation is 1. The van der Waals surface area contributed by atoms with Crippen molar-refractivity contribution in [1.29, 1.82) is 0 Å². The Morgan fingerprint density at radius 3 is 2.32 bits per heavy atom. The van der Waals surface area contributed by atoms with Gasteiger partial charge >= 0.3 is 5.97 Å². The number of morpholine rings is 1. The molecular formula is C22H32N2O6S. The lowest BCUT2D eigenvalue weighted by molar-refractivity contribution is -0.151. The summed E-state index contributed by atoms with van der Waals surface area (Å²) < 4.78 is 38.5. The standard InChI is InChI=1S/C22H32N2O6S/c1-15-8-9-19(31(27,28)24-10-6-5-7-11-24)12-20(15)22(26)30-18(4)21(25)23-13-16(2)29-17(3)14-23/h8-9,12,16-18H,5-7,10-11,13-14H2,1-4H3. The van der Waals surface area contributed by atoms with Crippen molar-refractivity contribution >= 4 is 21.9 Å². The summed E-state index contributed by atoms with van der Waals surface area (Å²) in [4.78, 5) is 27.3. The fraction of sp³-hybridized carbons (Fsp3) is 0.636. The Balaban J connectivity index is 1.74. The van der Waals surface area contributed by atoms with E-state index in [9.17, 15) is 18.0 Å². The second-order valence-electron chi connectivity index (χ2n) is 8.49. The van der Waals surface area contributed by atoms with Crippen LogP contribution in [0.3, 0.4) is 0 Å². The summed E-state index contributed by atoms with van der Waals surface area (Å²) in [6, 6.07) is 4.48. The highest BCUT2D eigenvalue weighted by Gasteiger charge is 2.32. The molecule has 2 aliphatic heterocycles. The van der Waals surface area contributed by atoms with Gasteiger partial charge in [0.2, 0.25) is 10.0 Å². The number of amides is 1. The van der Waals surface area contributed by atoms with E-state index in [1.54, 1.807) is 17.9 Å². The molecule has 2 aliphatic rings. The molecule has 0 radical (unpaired) electrons. The van der Waals surface area contributed by atoms with Crippen LogP contribution in [-0.4, -0.2) is 74.0 Å². The molecule has 2 saturated heterocycles. The Morgan fingerprint density at radius 1 is 1.10 bits per heavy atom. The van der Waals surface area contributed by atoms with Crippen molar-refractivity contribution in [3.8, 4) is 0 Å². The minimum Gasteiger partial charge on any atom is -0.449 e. The van der Waals surface area contributed by atoms with Gasteiger partial charge in [-0.05, 0) is 58.2 Å². The number of rotatable bonds is 5. The molecule has 9 heteroatoms. The van der Waals surface area contributed by atoms with Gasteiger partial charge in [0, 0.05) is 26.2 Å². The number of esters is 1. The number of nitrogens with zero attached hydrogens (tertiary/aromatic N) is 2. The summed E-state index contributed by atoms with van der Waals surface area (Å²) in [5, 5.41) is 0. The maximum Gasteiger partial charge on any atom is 0.339 e. The van der Waals surface area contributed by atoms with E-state index in [-0.39, 0.29) is 28.6 Å². The number of carbonyl (C=O) groups is 2. The van der Waals surface area contributed by atoms with Crippen LogP contribution in [0.1, 0.15) is 56.0 Å². The zero-order valence-electron chi connectivity index (χ0n) is 18.7. The van der Waals surface area contributed by atoms with E-state index in [1.165, 1.54) is 23.4 Å². The van der Waals surface area contributed by atoms with Crippen LogP contribution in [0.25, 0.3) is 0 Å². The third-order valence-electron chi connectivity index (χ3n) is 5.74. The van der Waals surface area contributed by atoms with Crippen LogP contribution in [0.4, 0.5) is 0 Å². The van der Waals surface area contributed by atoms with Crippen molar-refractivity contribution < 1.29 is 27.5 Å². The molecule has 2 fully saturated rings. The first kappa shape index (κ1) is 23.7. The average Bonchev–Trinajstić information content (AvgIpc) is 2.73. The molecule has 1 aromatic rings. The van der Waals surface area contributed by atoms with Crippen LogP contribution in [-0.2, 0) is 24.3 Å². The first-order valence-corrected chi connectivity index (χ1v) is 12.3. The fourth-order valence-corrected chi connectivity index (χ4v) is 5.67. The zero-order valence-corrected chi connectivity index (χ0v) is 19.5. The lowest BCUT2D eigenvalue weighted by Gasteiger charge is -2.36. The highest BCUT2D eigenvalue weighted by molar-refractivity contribution is 7.89. The number of carbonyl (C=O) groups excluding carboxylic acids is 2. The normalized spacial score (nSPS) is 23.9. The van der Waals surface area contributed by atoms with Crippen LogP contribution >= 0.6 is 0 Å². The Labute approximate surface area is 184 Å². The van der Waals surface area contributed by atoms with Gasteiger partial charge in [-0.25, -0.2) is 13.2 Å². The van der Waals surface area contributed by atoms with Gasteiger partial charge in [-0.2, -0.15) is 4.31 Å². The monoisotopic (exact) mass is 452 g/mol. The van der Waals surface area contributed by atoms with Crippen molar-refractivity contribution in [3.63, 3.8) is 0 Å². The minimum atomic E-state index is -3.67. The first-order chi connectivity index (χ1) is 14.6. The van der Waals surface area contributed by atoms with Crippen LogP contribution in [0, 0.1) is 6.92 Å². The molecule has 1 aromatic carbocycles. The lowest BCUT2D eigenvalue weighted by atomic mass is 10.1. The summed E-state index contributed by atoms with van der Waals surface area (Å²) in [5.41, 5.74) is 0.748. The van der Waals surface area contributed by atoms with Crippen LogP contribution in [0.5, 0.6) is 0 Å². The number of hydrogen-bond donors (Lipinski definition) is 0. The highest BCUT2D eigenvalue weighted by atomic mass is 32.2. The van der Waals surface area contributed by atoms with Crippen LogP contribution in [0.2, 0.25) is 0 Å². The number of piperidine rings is 1. The van der Waals surface area contributed by atoms with Gasteiger partial charge in [-0.1, -0.05) is 12.5 Å². The van der Waals surface area contributed by atoms with Crippen LogP contribution in [0.15, 0.2) is 23.1 Å². The van der Waals surface area contributed by atoms with Gasteiger partial charge in [-0.3, -0.25) is 4.79 Å². The smallest absolute Gasteiger partial charge is 0.339 e. The third-order valence-corrected chi connectivity index (χ3v) is 7.64. The summed E-state index contributed by atoms with van der Waals surface area (Å²) in [7, 11) is -3.67. The Morgan fingerprint density at radius 2 is 1.71 bits per heavy atom. The molecule has 3 unspecified atom stereocenters. The molecule has 0 aliphatic carbocycles. The molecule has 0 aromatic heterocycles. The second-order valence-corrected chi connectivity index (χ2v) is 10.4. The first-order valence-electron chi connectivity index (χ1n) is 10.9. The van der Waals surface area contributed by atoms with E-state index in [0.717, 1.165) is 19.3 Å². The van der Waals surface area contributed by atoms with Gasteiger partial charge in [0.25, 0.3) is 5.91 Å².